The number of fused-ring (bicyclic) bond motifs is 1. The average molecular weight is 374 g/mol. The van der Waals surface area contributed by atoms with Crippen LogP contribution in [0.5, 0.6) is 0 Å². The lowest BCUT2D eigenvalue weighted by molar-refractivity contribution is 0.101. The van der Waals surface area contributed by atoms with E-state index in [1.54, 1.807) is 18.3 Å². The number of benzene rings is 1. The fourth-order valence-corrected chi connectivity index (χ4v) is 3.02. The molecule has 1 saturated carbocycles. The lowest BCUT2D eigenvalue weighted by atomic mass is 10.1. The van der Waals surface area contributed by atoms with Gasteiger partial charge in [0, 0.05) is 28.9 Å². The number of ketones is 1. The Morgan fingerprint density at radius 3 is 2.74 bits per heavy atom. The first-order valence-electron chi connectivity index (χ1n) is 7.39. The molecule has 0 saturated heterocycles. The molecular formula is C17H13BrFN3O. The fraction of sp³-hybridized carbons (Fsp3) is 0.235. The Morgan fingerprint density at radius 1 is 1.30 bits per heavy atom. The SMILES string of the molecule is CC(=O)c1cc(C2CC2)n2cc(-c3ccc(Br)cc3F)nc2n1. The number of hydrogen-bond acceptors (Lipinski definition) is 3. The molecule has 0 N–H and O–H groups in total. The first-order valence-corrected chi connectivity index (χ1v) is 8.18. The Bertz CT molecular complexity index is 946. The number of rotatable bonds is 3. The molecule has 2 aromatic heterocycles. The zero-order chi connectivity index (χ0) is 16.1. The molecule has 6 heteroatoms. The predicted octanol–water partition coefficient (Wildman–Crippen LogP) is 4.38. The van der Waals surface area contributed by atoms with Gasteiger partial charge in [-0.15, -0.1) is 0 Å². The van der Waals surface area contributed by atoms with E-state index in [4.69, 9.17) is 0 Å². The molecule has 116 valence electrons. The molecule has 1 aliphatic rings. The van der Waals surface area contributed by atoms with Gasteiger partial charge in [-0.05, 0) is 43.0 Å². The second-order valence-electron chi connectivity index (χ2n) is 5.82. The maximum absolute atomic E-state index is 14.2. The number of hydrogen-bond donors (Lipinski definition) is 0. The summed E-state index contributed by atoms with van der Waals surface area (Å²) in [4.78, 5) is 20.4. The van der Waals surface area contributed by atoms with E-state index in [1.165, 1.54) is 13.0 Å². The van der Waals surface area contributed by atoms with Crippen LogP contribution in [0.15, 0.2) is 34.9 Å². The number of imidazole rings is 1. The first-order chi connectivity index (χ1) is 11.0. The van der Waals surface area contributed by atoms with Crippen LogP contribution in [-0.4, -0.2) is 20.2 Å². The Kier molecular flexibility index (Phi) is 3.30. The maximum atomic E-state index is 14.2. The molecule has 0 amide bonds. The van der Waals surface area contributed by atoms with Crippen molar-refractivity contribution in [1.29, 1.82) is 0 Å². The highest BCUT2D eigenvalue weighted by molar-refractivity contribution is 9.10. The quantitative estimate of drug-likeness (QED) is 0.640. The summed E-state index contributed by atoms with van der Waals surface area (Å²) in [6.45, 7) is 1.49. The smallest absolute Gasteiger partial charge is 0.235 e. The molecule has 1 aromatic carbocycles. The molecule has 1 aliphatic carbocycles. The Morgan fingerprint density at radius 2 is 2.09 bits per heavy atom. The van der Waals surface area contributed by atoms with Crippen molar-refractivity contribution in [3.8, 4) is 11.3 Å². The molecule has 4 rings (SSSR count). The van der Waals surface area contributed by atoms with Gasteiger partial charge in [-0.25, -0.2) is 14.4 Å². The van der Waals surface area contributed by atoms with Gasteiger partial charge in [0.1, 0.15) is 11.5 Å². The molecule has 0 spiro atoms. The number of Topliss-reactive ketones (excluding diaryl/α,β-unsaturated/α-hetero) is 1. The van der Waals surface area contributed by atoms with Crippen LogP contribution >= 0.6 is 15.9 Å². The van der Waals surface area contributed by atoms with Gasteiger partial charge in [-0.2, -0.15) is 0 Å². The number of carbonyl (C=O) groups is 1. The van der Waals surface area contributed by atoms with E-state index >= 15 is 0 Å². The van der Waals surface area contributed by atoms with Crippen molar-refractivity contribution >= 4 is 27.5 Å². The molecule has 0 atom stereocenters. The van der Waals surface area contributed by atoms with E-state index in [0.717, 1.165) is 18.5 Å². The number of aromatic nitrogens is 3. The van der Waals surface area contributed by atoms with Gasteiger partial charge in [-0.1, -0.05) is 15.9 Å². The van der Waals surface area contributed by atoms with Gasteiger partial charge < -0.3 is 0 Å². The third-order valence-corrected chi connectivity index (χ3v) is 4.53. The summed E-state index contributed by atoms with van der Waals surface area (Å²) in [5.41, 5.74) is 2.37. The second-order valence-corrected chi connectivity index (χ2v) is 6.73. The van der Waals surface area contributed by atoms with E-state index in [-0.39, 0.29) is 11.6 Å². The molecule has 1 fully saturated rings. The van der Waals surface area contributed by atoms with E-state index in [9.17, 15) is 9.18 Å². The third kappa shape index (κ3) is 2.57. The summed E-state index contributed by atoms with van der Waals surface area (Å²) in [6.07, 6.45) is 3.99. The van der Waals surface area contributed by atoms with E-state index in [2.05, 4.69) is 25.9 Å². The Hall–Kier alpha value is -2.08. The van der Waals surface area contributed by atoms with Crippen LogP contribution in [0.2, 0.25) is 0 Å². The zero-order valence-electron chi connectivity index (χ0n) is 12.4. The van der Waals surface area contributed by atoms with Gasteiger partial charge in [0.25, 0.3) is 0 Å². The van der Waals surface area contributed by atoms with Crippen LogP contribution in [0.4, 0.5) is 4.39 Å². The zero-order valence-corrected chi connectivity index (χ0v) is 14.0. The van der Waals surface area contributed by atoms with Crippen LogP contribution in [0.25, 0.3) is 17.0 Å². The Labute approximate surface area is 140 Å². The Balaban J connectivity index is 1.93. The molecule has 0 aliphatic heterocycles. The topological polar surface area (TPSA) is 47.3 Å². The number of halogens is 2. The largest absolute Gasteiger partial charge is 0.293 e. The summed E-state index contributed by atoms with van der Waals surface area (Å²) in [6, 6.07) is 6.70. The summed E-state index contributed by atoms with van der Waals surface area (Å²) >= 11 is 3.25. The molecule has 0 unspecified atom stereocenters. The van der Waals surface area contributed by atoms with E-state index < -0.39 is 0 Å². The van der Waals surface area contributed by atoms with Crippen LogP contribution in [0.1, 0.15) is 41.9 Å². The van der Waals surface area contributed by atoms with Crippen molar-refractivity contribution < 1.29 is 9.18 Å². The van der Waals surface area contributed by atoms with Crippen LogP contribution in [0, 0.1) is 5.82 Å². The first kappa shape index (κ1) is 14.5. The molecular weight excluding hydrogens is 361 g/mol. The minimum Gasteiger partial charge on any atom is -0.293 e. The predicted molar refractivity (Wildman–Crippen MR) is 88.1 cm³/mol. The highest BCUT2D eigenvalue weighted by Crippen LogP contribution is 2.40. The third-order valence-electron chi connectivity index (χ3n) is 4.03. The molecule has 23 heavy (non-hydrogen) atoms. The van der Waals surface area contributed by atoms with Gasteiger partial charge in [0.2, 0.25) is 5.78 Å². The fourth-order valence-electron chi connectivity index (χ4n) is 2.69. The van der Waals surface area contributed by atoms with Crippen molar-refractivity contribution in [2.24, 2.45) is 0 Å². The molecule has 0 radical (unpaired) electrons. The molecule has 3 aromatic rings. The number of carbonyl (C=O) groups excluding carboxylic acids is 1. The van der Waals surface area contributed by atoms with Crippen molar-refractivity contribution in [3.05, 3.63) is 52.1 Å². The van der Waals surface area contributed by atoms with Crippen LogP contribution in [0.3, 0.4) is 0 Å². The summed E-state index contributed by atoms with van der Waals surface area (Å²) in [7, 11) is 0. The molecule has 4 nitrogen and oxygen atoms in total. The van der Waals surface area contributed by atoms with Crippen LogP contribution in [-0.2, 0) is 0 Å². The normalized spacial score (nSPS) is 14.4. The lowest BCUT2D eigenvalue weighted by Crippen LogP contribution is -2.04. The van der Waals surface area contributed by atoms with Crippen molar-refractivity contribution in [3.63, 3.8) is 0 Å². The molecule has 0 bridgehead atoms. The van der Waals surface area contributed by atoms with Crippen molar-refractivity contribution in [2.45, 2.75) is 25.7 Å². The van der Waals surface area contributed by atoms with Gasteiger partial charge in [0.05, 0.1) is 5.69 Å². The number of nitrogens with zero attached hydrogens (tertiary/aromatic N) is 3. The van der Waals surface area contributed by atoms with Crippen molar-refractivity contribution in [1.82, 2.24) is 14.4 Å². The van der Waals surface area contributed by atoms with Crippen LogP contribution < -0.4 is 0 Å². The van der Waals surface area contributed by atoms with E-state index in [1.807, 2.05) is 10.5 Å². The summed E-state index contributed by atoms with van der Waals surface area (Å²) in [5, 5.41) is 0. The average Bonchev–Trinajstić information content (AvgIpc) is 3.25. The minimum atomic E-state index is -0.345. The maximum Gasteiger partial charge on any atom is 0.235 e. The summed E-state index contributed by atoms with van der Waals surface area (Å²) < 4.78 is 16.7. The monoisotopic (exact) mass is 373 g/mol. The lowest BCUT2D eigenvalue weighted by Gasteiger charge is -2.04. The van der Waals surface area contributed by atoms with E-state index in [0.29, 0.717) is 33.1 Å². The highest BCUT2D eigenvalue weighted by Gasteiger charge is 2.28. The highest BCUT2D eigenvalue weighted by atomic mass is 79.9. The second kappa shape index (κ2) is 5.23. The van der Waals surface area contributed by atoms with Crippen molar-refractivity contribution in [2.75, 3.05) is 0 Å². The summed E-state index contributed by atoms with van der Waals surface area (Å²) in [5.74, 6) is 0.434. The van der Waals surface area contributed by atoms with Gasteiger partial charge >= 0.3 is 0 Å². The van der Waals surface area contributed by atoms with Gasteiger partial charge in [-0.3, -0.25) is 9.20 Å². The standard InChI is InChI=1S/C17H13BrFN3O/c1-9(23)14-7-16(10-2-3-10)22-8-15(21-17(22)20-14)12-5-4-11(18)6-13(12)19/h4-8,10H,2-3H2,1H3. The minimum absolute atomic E-state index is 0.0891. The van der Waals surface area contributed by atoms with Gasteiger partial charge in [0.15, 0.2) is 5.78 Å². The molecule has 2 heterocycles.